The van der Waals surface area contributed by atoms with Gasteiger partial charge in [-0.25, -0.2) is 4.18 Å². The standard InChI is InChI=1S/C6H14O4S/c1-5(2)4-6(7)10-11(3,8)9/h5-7H,4H2,1-3H3. The monoisotopic (exact) mass is 182 g/mol. The van der Waals surface area contributed by atoms with E-state index in [0.717, 1.165) is 6.26 Å². The Labute approximate surface area is 67.3 Å². The number of hydrogen-bond acceptors (Lipinski definition) is 4. The molecule has 0 saturated carbocycles. The van der Waals surface area contributed by atoms with Crippen molar-refractivity contribution in [1.29, 1.82) is 0 Å². The van der Waals surface area contributed by atoms with Gasteiger partial charge in [0.1, 0.15) is 0 Å². The second-order valence-corrected chi connectivity index (χ2v) is 4.49. The zero-order valence-electron chi connectivity index (χ0n) is 6.94. The molecule has 0 aromatic heterocycles. The van der Waals surface area contributed by atoms with E-state index >= 15 is 0 Å². The van der Waals surface area contributed by atoms with E-state index in [1.807, 2.05) is 13.8 Å². The minimum absolute atomic E-state index is 0.215. The van der Waals surface area contributed by atoms with Gasteiger partial charge in [-0.15, -0.1) is 0 Å². The Balaban J connectivity index is 3.80. The molecule has 1 N–H and O–H groups in total. The van der Waals surface area contributed by atoms with Crippen molar-refractivity contribution in [2.45, 2.75) is 26.6 Å². The van der Waals surface area contributed by atoms with Crippen LogP contribution in [0.4, 0.5) is 0 Å². The van der Waals surface area contributed by atoms with Gasteiger partial charge in [-0.3, -0.25) is 0 Å². The fourth-order valence-electron chi connectivity index (χ4n) is 0.644. The maximum Gasteiger partial charge on any atom is 0.266 e. The summed E-state index contributed by atoms with van der Waals surface area (Å²) >= 11 is 0. The number of aliphatic hydroxyl groups excluding tert-OH is 1. The largest absolute Gasteiger partial charge is 0.367 e. The first-order chi connectivity index (χ1) is 4.81. The molecule has 0 bridgehead atoms. The molecule has 0 aromatic carbocycles. The fraction of sp³-hybridized carbons (Fsp3) is 1.00. The van der Waals surface area contributed by atoms with Gasteiger partial charge in [0, 0.05) is 6.42 Å². The van der Waals surface area contributed by atoms with Crippen LogP contribution in [0, 0.1) is 5.92 Å². The third-order valence-electron chi connectivity index (χ3n) is 0.959. The van der Waals surface area contributed by atoms with E-state index in [4.69, 9.17) is 5.11 Å². The molecule has 0 amide bonds. The average Bonchev–Trinajstić information content (AvgIpc) is 1.53. The smallest absolute Gasteiger partial charge is 0.266 e. The topological polar surface area (TPSA) is 63.6 Å². The van der Waals surface area contributed by atoms with Crippen molar-refractivity contribution < 1.29 is 17.7 Å². The minimum atomic E-state index is -3.52. The van der Waals surface area contributed by atoms with Crippen molar-refractivity contribution in [3.05, 3.63) is 0 Å². The Hall–Kier alpha value is -0.130. The van der Waals surface area contributed by atoms with Crippen LogP contribution in [-0.4, -0.2) is 26.1 Å². The summed E-state index contributed by atoms with van der Waals surface area (Å²) in [6.07, 6.45) is 0.0360. The van der Waals surface area contributed by atoms with E-state index in [1.165, 1.54) is 0 Å². The average molecular weight is 182 g/mol. The van der Waals surface area contributed by atoms with Crippen LogP contribution < -0.4 is 0 Å². The molecule has 0 saturated heterocycles. The molecule has 1 unspecified atom stereocenters. The van der Waals surface area contributed by atoms with E-state index in [0.29, 0.717) is 6.42 Å². The van der Waals surface area contributed by atoms with Crippen molar-refractivity contribution in [1.82, 2.24) is 0 Å². The molecule has 5 heteroatoms. The first-order valence-electron chi connectivity index (χ1n) is 3.37. The van der Waals surface area contributed by atoms with Gasteiger partial charge in [-0.2, -0.15) is 8.42 Å². The van der Waals surface area contributed by atoms with Crippen LogP contribution >= 0.6 is 0 Å². The second kappa shape index (κ2) is 4.04. The van der Waals surface area contributed by atoms with E-state index in [1.54, 1.807) is 0 Å². The molecule has 11 heavy (non-hydrogen) atoms. The quantitative estimate of drug-likeness (QED) is 0.502. The minimum Gasteiger partial charge on any atom is -0.367 e. The maximum absolute atomic E-state index is 10.4. The Bertz CT molecular complexity index is 195. The third kappa shape index (κ3) is 7.77. The van der Waals surface area contributed by atoms with Crippen molar-refractivity contribution in [2.75, 3.05) is 6.26 Å². The molecule has 0 aromatic rings. The van der Waals surface area contributed by atoms with Gasteiger partial charge in [0.15, 0.2) is 6.29 Å². The van der Waals surface area contributed by atoms with Crippen molar-refractivity contribution in [3.8, 4) is 0 Å². The Kier molecular flexibility index (Phi) is 3.99. The summed E-state index contributed by atoms with van der Waals surface area (Å²) in [5.74, 6) is 0.215. The molecular weight excluding hydrogens is 168 g/mol. The van der Waals surface area contributed by atoms with Crippen LogP contribution in [0.25, 0.3) is 0 Å². The predicted octanol–water partition coefficient (Wildman–Crippen LogP) is 0.327. The van der Waals surface area contributed by atoms with Gasteiger partial charge in [0.2, 0.25) is 0 Å². The summed E-state index contributed by atoms with van der Waals surface area (Å²) in [6.45, 7) is 3.74. The highest BCUT2D eigenvalue weighted by atomic mass is 32.2. The maximum atomic E-state index is 10.4. The highest BCUT2D eigenvalue weighted by Gasteiger charge is 2.12. The molecule has 1 atom stereocenters. The van der Waals surface area contributed by atoms with Gasteiger partial charge in [0.05, 0.1) is 6.26 Å². The first-order valence-corrected chi connectivity index (χ1v) is 5.19. The molecule has 0 rings (SSSR count). The molecule has 0 heterocycles. The van der Waals surface area contributed by atoms with Crippen molar-refractivity contribution in [3.63, 3.8) is 0 Å². The predicted molar refractivity (Wildman–Crippen MR) is 41.4 cm³/mol. The Morgan fingerprint density at radius 1 is 1.45 bits per heavy atom. The number of hydrogen-bond donors (Lipinski definition) is 1. The van der Waals surface area contributed by atoms with Gasteiger partial charge in [-0.1, -0.05) is 13.8 Å². The lowest BCUT2D eigenvalue weighted by Crippen LogP contribution is -2.18. The lowest BCUT2D eigenvalue weighted by molar-refractivity contribution is -0.0254. The summed E-state index contributed by atoms with van der Waals surface area (Å²) in [5, 5.41) is 8.95. The van der Waals surface area contributed by atoms with Crippen molar-refractivity contribution in [2.24, 2.45) is 5.92 Å². The summed E-state index contributed by atoms with van der Waals surface area (Å²) in [6, 6.07) is 0. The molecule has 0 aliphatic rings. The zero-order valence-corrected chi connectivity index (χ0v) is 7.76. The summed E-state index contributed by atoms with van der Waals surface area (Å²) in [5.41, 5.74) is 0. The Morgan fingerprint density at radius 2 is 1.91 bits per heavy atom. The molecule has 0 fully saturated rings. The highest BCUT2D eigenvalue weighted by Crippen LogP contribution is 2.07. The van der Waals surface area contributed by atoms with Crippen LogP contribution in [-0.2, 0) is 14.3 Å². The third-order valence-corrected chi connectivity index (χ3v) is 1.53. The Morgan fingerprint density at radius 3 is 2.18 bits per heavy atom. The lowest BCUT2D eigenvalue weighted by atomic mass is 10.1. The van der Waals surface area contributed by atoms with Gasteiger partial charge in [-0.05, 0) is 5.92 Å². The van der Waals surface area contributed by atoms with Gasteiger partial charge in [0.25, 0.3) is 10.1 Å². The SMILES string of the molecule is CC(C)CC(O)OS(C)(=O)=O. The lowest BCUT2D eigenvalue weighted by Gasteiger charge is -2.11. The normalized spacial score (nSPS) is 15.4. The molecule has 0 spiro atoms. The van der Waals surface area contributed by atoms with Crippen LogP contribution in [0.2, 0.25) is 0 Å². The van der Waals surface area contributed by atoms with Crippen LogP contribution in [0.3, 0.4) is 0 Å². The van der Waals surface area contributed by atoms with E-state index in [-0.39, 0.29) is 5.92 Å². The number of rotatable bonds is 4. The fourth-order valence-corrected chi connectivity index (χ4v) is 1.13. The van der Waals surface area contributed by atoms with Crippen LogP contribution in [0.15, 0.2) is 0 Å². The summed E-state index contributed by atoms with van der Waals surface area (Å²) in [7, 11) is -3.52. The highest BCUT2D eigenvalue weighted by molar-refractivity contribution is 7.86. The van der Waals surface area contributed by atoms with Crippen LogP contribution in [0.1, 0.15) is 20.3 Å². The van der Waals surface area contributed by atoms with E-state index in [9.17, 15) is 8.42 Å². The molecule has 4 nitrogen and oxygen atoms in total. The van der Waals surface area contributed by atoms with Gasteiger partial charge < -0.3 is 5.11 Å². The number of aliphatic hydroxyl groups is 1. The molecule has 0 aliphatic carbocycles. The molecule has 0 aliphatic heterocycles. The van der Waals surface area contributed by atoms with Gasteiger partial charge >= 0.3 is 0 Å². The summed E-state index contributed by atoms with van der Waals surface area (Å²) in [4.78, 5) is 0. The van der Waals surface area contributed by atoms with E-state index in [2.05, 4.69) is 4.18 Å². The van der Waals surface area contributed by atoms with E-state index < -0.39 is 16.4 Å². The van der Waals surface area contributed by atoms with Crippen LogP contribution in [0.5, 0.6) is 0 Å². The summed E-state index contributed by atoms with van der Waals surface area (Å²) < 4.78 is 25.2. The van der Waals surface area contributed by atoms with Crippen molar-refractivity contribution >= 4 is 10.1 Å². The molecular formula is C6H14O4S. The molecule has 68 valence electrons. The molecule has 0 radical (unpaired) electrons. The first kappa shape index (κ1) is 10.9. The second-order valence-electron chi connectivity index (χ2n) is 2.88. The zero-order chi connectivity index (χ0) is 9.07.